The molecule has 0 aromatic carbocycles. The summed E-state index contributed by atoms with van der Waals surface area (Å²) < 4.78 is 0. The molecule has 0 atom stereocenters. The number of nitrogens with two attached hydrogens (primary N) is 1. The van der Waals surface area contributed by atoms with Crippen LogP contribution in [-0.2, 0) is 4.79 Å². The van der Waals surface area contributed by atoms with Crippen LogP contribution < -0.4 is 5.73 Å². The fourth-order valence-corrected chi connectivity index (χ4v) is 3.04. The Morgan fingerprint density at radius 1 is 0.607 bits per heavy atom. The summed E-state index contributed by atoms with van der Waals surface area (Å²) in [6.45, 7) is 11.3. The van der Waals surface area contributed by atoms with Gasteiger partial charge in [0.2, 0.25) is 0 Å². The Labute approximate surface area is 177 Å². The van der Waals surface area contributed by atoms with E-state index in [1.807, 2.05) is 0 Å². The summed E-state index contributed by atoms with van der Waals surface area (Å²) in [6, 6.07) is 0. The quantitative estimate of drug-likeness (QED) is 0.170. The number of rotatable bonds is 19. The molecule has 0 rings (SSSR count). The highest BCUT2D eigenvalue weighted by molar-refractivity contribution is 5.66. The van der Waals surface area contributed by atoms with Gasteiger partial charge in [-0.05, 0) is 19.4 Å². The van der Waals surface area contributed by atoms with Crippen molar-refractivity contribution < 1.29 is 9.90 Å². The summed E-state index contributed by atoms with van der Waals surface area (Å²) in [6.07, 6.45) is 24.0. The van der Waals surface area contributed by atoms with Crippen LogP contribution in [0.15, 0.2) is 13.2 Å². The summed E-state index contributed by atoms with van der Waals surface area (Å²) in [7, 11) is 0. The van der Waals surface area contributed by atoms with Crippen LogP contribution in [-0.4, -0.2) is 17.6 Å². The average Bonchev–Trinajstić information content (AvgIpc) is 2.71. The molecule has 0 aliphatic rings. The van der Waals surface area contributed by atoms with Crippen molar-refractivity contribution in [3.05, 3.63) is 13.2 Å². The molecule has 0 saturated carbocycles. The maximum absolute atomic E-state index is 10.3. The molecule has 0 unspecified atom stereocenters. The minimum Gasteiger partial charge on any atom is -0.481 e. The zero-order valence-electron chi connectivity index (χ0n) is 19.5. The van der Waals surface area contributed by atoms with Gasteiger partial charge in [0, 0.05) is 6.42 Å². The minimum atomic E-state index is -0.653. The van der Waals surface area contributed by atoms with Crippen molar-refractivity contribution in [3.8, 4) is 0 Å². The number of carboxylic acid groups (broad SMARTS) is 1. The molecular weight excluding hydrogens is 346 g/mol. The van der Waals surface area contributed by atoms with Crippen molar-refractivity contribution in [2.45, 2.75) is 136 Å². The van der Waals surface area contributed by atoms with E-state index in [1.54, 1.807) is 0 Å². The standard InChI is InChI=1S/C18H36O2.C5H13N.C2H4/c1-2-3-4-5-6-7-8-9-10-11-12-13-14-15-16-17-18(19)20;1-2-3-4-5-6;1-2/h2-17H2,1H3,(H,19,20);2-6H2,1H3;1-2H2. The Morgan fingerprint density at radius 3 is 1.14 bits per heavy atom. The molecule has 0 fully saturated rings. The molecule has 0 aliphatic carbocycles. The van der Waals surface area contributed by atoms with E-state index in [9.17, 15) is 4.79 Å². The molecule has 0 radical (unpaired) electrons. The molecule has 0 aromatic rings. The monoisotopic (exact) mass is 399 g/mol. The van der Waals surface area contributed by atoms with Crippen molar-refractivity contribution in [1.82, 2.24) is 0 Å². The molecule has 3 nitrogen and oxygen atoms in total. The third kappa shape index (κ3) is 40.0. The van der Waals surface area contributed by atoms with Crippen LogP contribution >= 0.6 is 0 Å². The lowest BCUT2D eigenvalue weighted by Crippen LogP contribution is -1.96. The zero-order valence-corrected chi connectivity index (χ0v) is 19.5. The first-order valence-electron chi connectivity index (χ1n) is 12.1. The van der Waals surface area contributed by atoms with Gasteiger partial charge in [0.1, 0.15) is 0 Å². The first kappa shape index (κ1) is 31.9. The summed E-state index contributed by atoms with van der Waals surface area (Å²) in [5, 5.41) is 8.52. The van der Waals surface area contributed by atoms with Gasteiger partial charge in [0.15, 0.2) is 0 Å². The maximum Gasteiger partial charge on any atom is 0.303 e. The van der Waals surface area contributed by atoms with Crippen molar-refractivity contribution in [2.75, 3.05) is 6.54 Å². The molecule has 0 aliphatic heterocycles. The number of carboxylic acids is 1. The lowest BCUT2D eigenvalue weighted by molar-refractivity contribution is -0.137. The van der Waals surface area contributed by atoms with Gasteiger partial charge in [0.05, 0.1) is 0 Å². The van der Waals surface area contributed by atoms with E-state index in [0.29, 0.717) is 6.42 Å². The van der Waals surface area contributed by atoms with Gasteiger partial charge in [-0.2, -0.15) is 0 Å². The highest BCUT2D eigenvalue weighted by Gasteiger charge is 1.97. The van der Waals surface area contributed by atoms with Gasteiger partial charge >= 0.3 is 5.97 Å². The third-order valence-corrected chi connectivity index (χ3v) is 4.80. The number of hydrogen-bond acceptors (Lipinski definition) is 2. The van der Waals surface area contributed by atoms with Crippen LogP contribution in [0, 0.1) is 0 Å². The second kappa shape index (κ2) is 33.7. The zero-order chi connectivity index (χ0) is 21.7. The molecular formula is C25H53NO2. The number of hydrogen-bond donors (Lipinski definition) is 2. The van der Waals surface area contributed by atoms with E-state index < -0.39 is 5.97 Å². The maximum atomic E-state index is 10.3. The smallest absolute Gasteiger partial charge is 0.303 e. The summed E-state index contributed by atoms with van der Waals surface area (Å²) in [4.78, 5) is 10.3. The van der Waals surface area contributed by atoms with E-state index in [1.165, 1.54) is 103 Å². The number of aliphatic carboxylic acids is 1. The van der Waals surface area contributed by atoms with Crippen molar-refractivity contribution in [2.24, 2.45) is 5.73 Å². The molecule has 0 spiro atoms. The van der Waals surface area contributed by atoms with Crippen LogP contribution in [0.3, 0.4) is 0 Å². The molecule has 0 saturated heterocycles. The normalized spacial score (nSPS) is 9.82. The van der Waals surface area contributed by atoms with Gasteiger partial charge in [-0.15, -0.1) is 13.2 Å². The van der Waals surface area contributed by atoms with Gasteiger partial charge in [-0.1, -0.05) is 117 Å². The number of unbranched alkanes of at least 4 members (excludes halogenated alkanes) is 16. The molecule has 0 bridgehead atoms. The molecule has 0 amide bonds. The Morgan fingerprint density at radius 2 is 0.893 bits per heavy atom. The van der Waals surface area contributed by atoms with Gasteiger partial charge in [0.25, 0.3) is 0 Å². The summed E-state index contributed by atoms with van der Waals surface area (Å²) in [5.74, 6) is -0.653. The molecule has 0 aromatic heterocycles. The Hall–Kier alpha value is -0.830. The van der Waals surface area contributed by atoms with Crippen molar-refractivity contribution in [1.29, 1.82) is 0 Å². The first-order chi connectivity index (χ1) is 13.7. The first-order valence-corrected chi connectivity index (χ1v) is 12.1. The summed E-state index contributed by atoms with van der Waals surface area (Å²) in [5.41, 5.74) is 5.21. The van der Waals surface area contributed by atoms with E-state index in [2.05, 4.69) is 27.0 Å². The highest BCUT2D eigenvalue weighted by Crippen LogP contribution is 2.13. The van der Waals surface area contributed by atoms with Gasteiger partial charge in [-0.3, -0.25) is 4.79 Å². The Kier molecular flexibility index (Phi) is 38.4. The topological polar surface area (TPSA) is 63.3 Å². The van der Waals surface area contributed by atoms with E-state index in [0.717, 1.165) is 19.4 Å². The fourth-order valence-electron chi connectivity index (χ4n) is 3.04. The predicted molar refractivity (Wildman–Crippen MR) is 127 cm³/mol. The lowest BCUT2D eigenvalue weighted by atomic mass is 10.0. The van der Waals surface area contributed by atoms with Crippen LogP contribution in [0.2, 0.25) is 0 Å². The second-order valence-corrected chi connectivity index (χ2v) is 7.59. The molecule has 3 N–H and O–H groups in total. The second-order valence-electron chi connectivity index (χ2n) is 7.59. The largest absolute Gasteiger partial charge is 0.481 e. The minimum absolute atomic E-state index is 0.345. The molecule has 0 heterocycles. The third-order valence-electron chi connectivity index (χ3n) is 4.80. The fraction of sp³-hybridized carbons (Fsp3) is 0.880. The number of carbonyl (C=O) groups is 1. The van der Waals surface area contributed by atoms with Crippen LogP contribution in [0.1, 0.15) is 136 Å². The van der Waals surface area contributed by atoms with Crippen LogP contribution in [0.25, 0.3) is 0 Å². The van der Waals surface area contributed by atoms with Gasteiger partial charge < -0.3 is 10.8 Å². The van der Waals surface area contributed by atoms with Crippen molar-refractivity contribution >= 4 is 5.97 Å². The molecule has 3 heteroatoms. The van der Waals surface area contributed by atoms with E-state index in [4.69, 9.17) is 10.8 Å². The summed E-state index contributed by atoms with van der Waals surface area (Å²) >= 11 is 0. The Balaban J connectivity index is -0.000000660. The van der Waals surface area contributed by atoms with E-state index in [-0.39, 0.29) is 0 Å². The van der Waals surface area contributed by atoms with Crippen LogP contribution in [0.5, 0.6) is 0 Å². The predicted octanol–water partition coefficient (Wildman–Crippen LogP) is 8.27. The van der Waals surface area contributed by atoms with Crippen molar-refractivity contribution in [3.63, 3.8) is 0 Å². The Bertz CT molecular complexity index is 265. The molecule has 170 valence electrons. The lowest BCUT2D eigenvalue weighted by Gasteiger charge is -2.03. The molecule has 28 heavy (non-hydrogen) atoms. The van der Waals surface area contributed by atoms with Gasteiger partial charge in [-0.25, -0.2) is 0 Å². The SMILES string of the molecule is C=C.CCCCCCCCCCCCCCCCCC(=O)O.CCCCCN. The van der Waals surface area contributed by atoms with E-state index >= 15 is 0 Å². The average molecular weight is 400 g/mol. The van der Waals surface area contributed by atoms with Crippen LogP contribution in [0.4, 0.5) is 0 Å². The highest BCUT2D eigenvalue weighted by atomic mass is 16.4.